The quantitative estimate of drug-likeness (QED) is 0.552. The number of sulfonamides is 1. The minimum absolute atomic E-state index is 0.0284. The zero-order chi connectivity index (χ0) is 22.4. The zero-order valence-corrected chi connectivity index (χ0v) is 18.7. The van der Waals surface area contributed by atoms with E-state index in [1.54, 1.807) is 24.3 Å². The molecule has 9 heteroatoms. The number of nitriles is 1. The lowest BCUT2D eigenvalue weighted by Gasteiger charge is -2.21. The highest BCUT2D eigenvalue weighted by molar-refractivity contribution is 7.89. The van der Waals surface area contributed by atoms with Crippen LogP contribution in [0.15, 0.2) is 45.7 Å². The average molecular weight is 460 g/mol. The van der Waals surface area contributed by atoms with Crippen LogP contribution in [0.3, 0.4) is 0 Å². The van der Waals surface area contributed by atoms with Crippen LogP contribution in [0.1, 0.15) is 33.1 Å². The Labute approximate surface area is 185 Å². The topological polar surface area (TPSA) is 112 Å². The molecule has 1 saturated carbocycles. The average Bonchev–Trinajstić information content (AvgIpc) is 3.38. The summed E-state index contributed by atoms with van der Waals surface area (Å²) in [6, 6.07) is 10.8. The Hall–Kier alpha value is -2.60. The maximum atomic E-state index is 13.1. The maximum absolute atomic E-state index is 13.1. The normalized spacial score (nSPS) is 16.4. The molecule has 2 N–H and O–H groups in total. The van der Waals surface area contributed by atoms with Gasteiger partial charge in [-0.05, 0) is 55.5 Å². The molecule has 0 bridgehead atoms. The Morgan fingerprint density at radius 1 is 1.19 bits per heavy atom. The van der Waals surface area contributed by atoms with Crippen LogP contribution < -0.4 is 10.0 Å². The molecule has 1 aliphatic rings. The molecule has 0 radical (unpaired) electrons. The second kappa shape index (κ2) is 7.83. The number of carbonyl (C=O) groups is 1. The van der Waals surface area contributed by atoms with Gasteiger partial charge in [-0.2, -0.15) is 9.98 Å². The first-order chi connectivity index (χ1) is 14.6. The van der Waals surface area contributed by atoms with Gasteiger partial charge in [-0.25, -0.2) is 8.42 Å². The fourth-order valence-corrected chi connectivity index (χ4v) is 4.94. The second-order valence-electron chi connectivity index (χ2n) is 8.39. The Morgan fingerprint density at radius 2 is 1.94 bits per heavy atom. The number of hydrogen-bond acceptors (Lipinski definition) is 5. The molecule has 0 saturated heterocycles. The van der Waals surface area contributed by atoms with E-state index in [1.165, 1.54) is 12.1 Å². The highest BCUT2D eigenvalue weighted by atomic mass is 35.5. The first-order valence-corrected chi connectivity index (χ1v) is 11.9. The van der Waals surface area contributed by atoms with Gasteiger partial charge < -0.3 is 9.73 Å². The SMILES string of the molecule is CC(C)C[C@H](NS(=O)(=O)c1ccc2oc3cc(Cl)ccc3c2c1)C(=O)NC1(C#N)CC1. The van der Waals surface area contributed by atoms with Gasteiger partial charge in [-0.1, -0.05) is 25.4 Å². The molecule has 0 unspecified atom stereocenters. The van der Waals surface area contributed by atoms with Crippen molar-refractivity contribution in [2.45, 2.75) is 49.6 Å². The number of nitrogens with zero attached hydrogens (tertiary/aromatic N) is 1. The molecule has 1 amide bonds. The molecule has 2 aromatic carbocycles. The summed E-state index contributed by atoms with van der Waals surface area (Å²) in [5.41, 5.74) is 0.235. The van der Waals surface area contributed by atoms with Crippen molar-refractivity contribution in [1.82, 2.24) is 10.0 Å². The summed E-state index contributed by atoms with van der Waals surface area (Å²) in [5, 5.41) is 13.9. The van der Waals surface area contributed by atoms with Gasteiger partial charge in [0, 0.05) is 21.9 Å². The second-order valence-corrected chi connectivity index (χ2v) is 10.5. The Kier molecular flexibility index (Phi) is 5.46. The van der Waals surface area contributed by atoms with E-state index in [2.05, 4.69) is 16.1 Å². The third-order valence-corrected chi connectivity index (χ3v) is 7.07. The van der Waals surface area contributed by atoms with Crippen molar-refractivity contribution in [3.05, 3.63) is 41.4 Å². The summed E-state index contributed by atoms with van der Waals surface area (Å²) in [7, 11) is -4.00. The molecule has 4 rings (SSSR count). The van der Waals surface area contributed by atoms with Gasteiger partial charge in [0.15, 0.2) is 0 Å². The first-order valence-electron chi connectivity index (χ1n) is 10.00. The van der Waals surface area contributed by atoms with Crippen molar-refractivity contribution >= 4 is 49.5 Å². The number of halogens is 1. The summed E-state index contributed by atoms with van der Waals surface area (Å²) >= 11 is 6.02. The van der Waals surface area contributed by atoms with Crippen LogP contribution in [0.5, 0.6) is 0 Å². The van der Waals surface area contributed by atoms with E-state index in [4.69, 9.17) is 16.0 Å². The summed E-state index contributed by atoms with van der Waals surface area (Å²) in [4.78, 5) is 12.8. The maximum Gasteiger partial charge on any atom is 0.241 e. The number of carbonyl (C=O) groups excluding carboxylic acids is 1. The predicted molar refractivity (Wildman–Crippen MR) is 118 cm³/mol. The number of furan rings is 1. The van der Waals surface area contributed by atoms with Crippen LogP contribution >= 0.6 is 11.6 Å². The highest BCUT2D eigenvalue weighted by Crippen LogP contribution is 2.35. The van der Waals surface area contributed by atoms with Crippen LogP contribution in [0.4, 0.5) is 0 Å². The van der Waals surface area contributed by atoms with Crippen LogP contribution in [-0.2, 0) is 14.8 Å². The van der Waals surface area contributed by atoms with E-state index in [0.717, 1.165) is 5.39 Å². The van der Waals surface area contributed by atoms with Crippen molar-refractivity contribution in [2.75, 3.05) is 0 Å². The van der Waals surface area contributed by atoms with Crippen LogP contribution in [0.25, 0.3) is 21.9 Å². The van der Waals surface area contributed by atoms with Gasteiger partial charge in [0.2, 0.25) is 15.9 Å². The molecular weight excluding hydrogens is 438 g/mol. The smallest absolute Gasteiger partial charge is 0.241 e. The van der Waals surface area contributed by atoms with Crippen molar-refractivity contribution in [3.8, 4) is 6.07 Å². The standard InChI is InChI=1S/C22H22ClN3O4S/c1-13(2)9-18(21(27)25-22(12-24)7-8-22)26-31(28,29)15-4-6-19-17(11-15)16-5-3-14(23)10-20(16)30-19/h3-6,10-11,13,18,26H,7-9H2,1-2H3,(H,25,27)/t18-/m0/s1. The summed E-state index contributed by atoms with van der Waals surface area (Å²) in [6.07, 6.45) is 1.46. The van der Waals surface area contributed by atoms with Crippen molar-refractivity contribution in [2.24, 2.45) is 5.92 Å². The number of amides is 1. The molecule has 0 spiro atoms. The van der Waals surface area contributed by atoms with Crippen LogP contribution in [0.2, 0.25) is 5.02 Å². The third-order valence-electron chi connectivity index (χ3n) is 5.36. The number of rotatable bonds is 7. The van der Waals surface area contributed by atoms with E-state index in [0.29, 0.717) is 40.8 Å². The zero-order valence-electron chi connectivity index (χ0n) is 17.1. The van der Waals surface area contributed by atoms with Gasteiger partial charge in [0.05, 0.1) is 11.0 Å². The lowest BCUT2D eigenvalue weighted by atomic mass is 10.0. The summed E-state index contributed by atoms with van der Waals surface area (Å²) in [6.45, 7) is 3.81. The Morgan fingerprint density at radius 3 is 2.58 bits per heavy atom. The fraction of sp³-hybridized carbons (Fsp3) is 0.364. The monoisotopic (exact) mass is 459 g/mol. The number of hydrogen-bond donors (Lipinski definition) is 2. The fourth-order valence-electron chi connectivity index (χ4n) is 3.55. The molecule has 1 atom stereocenters. The summed E-state index contributed by atoms with van der Waals surface area (Å²) < 4.78 is 34.5. The van der Waals surface area contributed by atoms with E-state index in [9.17, 15) is 18.5 Å². The van der Waals surface area contributed by atoms with E-state index in [1.807, 2.05) is 13.8 Å². The molecule has 1 heterocycles. The minimum Gasteiger partial charge on any atom is -0.456 e. The number of benzene rings is 2. The van der Waals surface area contributed by atoms with Crippen LogP contribution in [0, 0.1) is 17.2 Å². The lowest BCUT2D eigenvalue weighted by Crippen LogP contribution is -2.50. The first kappa shape index (κ1) is 21.6. The predicted octanol–water partition coefficient (Wildman–Crippen LogP) is 4.10. The van der Waals surface area contributed by atoms with E-state index >= 15 is 0 Å². The van der Waals surface area contributed by atoms with Gasteiger partial charge >= 0.3 is 0 Å². The number of fused-ring (bicyclic) bond motifs is 3. The van der Waals surface area contributed by atoms with Crippen LogP contribution in [-0.4, -0.2) is 25.9 Å². The summed E-state index contributed by atoms with van der Waals surface area (Å²) in [5.74, 6) is -0.415. The van der Waals surface area contributed by atoms with Crippen molar-refractivity contribution < 1.29 is 17.6 Å². The molecular formula is C22H22ClN3O4S. The van der Waals surface area contributed by atoms with E-state index < -0.39 is 27.5 Å². The molecule has 1 aromatic heterocycles. The van der Waals surface area contributed by atoms with Gasteiger partial charge in [-0.3, -0.25) is 4.79 Å². The minimum atomic E-state index is -4.00. The molecule has 1 fully saturated rings. The molecule has 0 aliphatic heterocycles. The molecule has 1 aliphatic carbocycles. The lowest BCUT2D eigenvalue weighted by molar-refractivity contribution is -0.123. The van der Waals surface area contributed by atoms with Crippen molar-refractivity contribution in [1.29, 1.82) is 5.26 Å². The molecule has 162 valence electrons. The van der Waals surface area contributed by atoms with Crippen molar-refractivity contribution in [3.63, 3.8) is 0 Å². The Balaban J connectivity index is 1.65. The van der Waals surface area contributed by atoms with E-state index in [-0.39, 0.29) is 10.8 Å². The molecule has 31 heavy (non-hydrogen) atoms. The van der Waals surface area contributed by atoms with Gasteiger partial charge in [0.25, 0.3) is 0 Å². The van der Waals surface area contributed by atoms with Gasteiger partial charge in [0.1, 0.15) is 22.7 Å². The molecule has 7 nitrogen and oxygen atoms in total. The largest absolute Gasteiger partial charge is 0.456 e. The third kappa shape index (κ3) is 4.40. The Bertz CT molecular complexity index is 1320. The van der Waals surface area contributed by atoms with Gasteiger partial charge in [-0.15, -0.1) is 0 Å². The number of nitrogens with one attached hydrogen (secondary N) is 2. The molecule has 3 aromatic rings. The highest BCUT2D eigenvalue weighted by Gasteiger charge is 2.46.